The normalized spacial score (nSPS) is 29.2. The largest absolute Gasteiger partial charge is 0.387 e. The van der Waals surface area contributed by atoms with Gasteiger partial charge in [-0.2, -0.15) is 0 Å². The Morgan fingerprint density at radius 1 is 1.56 bits per heavy atom. The third kappa shape index (κ3) is 3.86. The number of hydrogen-bond donors (Lipinski definition) is 1. The minimum Gasteiger partial charge on any atom is -0.387 e. The molecule has 0 aromatic carbocycles. The minimum absolute atomic E-state index is 0.124. The van der Waals surface area contributed by atoms with E-state index in [2.05, 4.69) is 25.7 Å². The predicted octanol–water partition coefficient (Wildman–Crippen LogP) is 1.47. The first kappa shape index (κ1) is 16.9. The van der Waals surface area contributed by atoms with Crippen molar-refractivity contribution in [2.24, 2.45) is 5.16 Å². The predicted molar refractivity (Wildman–Crippen MR) is 94.6 cm³/mol. The fourth-order valence-corrected chi connectivity index (χ4v) is 4.35. The van der Waals surface area contributed by atoms with Crippen molar-refractivity contribution in [1.82, 2.24) is 15.2 Å². The molecule has 0 unspecified atom stereocenters. The maximum absolute atomic E-state index is 12.3. The van der Waals surface area contributed by atoms with Gasteiger partial charge >= 0.3 is 0 Å². The van der Waals surface area contributed by atoms with Gasteiger partial charge in [0.25, 0.3) is 5.91 Å². The Balaban J connectivity index is 1.26. The molecule has 1 amide bonds. The van der Waals surface area contributed by atoms with E-state index in [-0.39, 0.29) is 17.6 Å². The van der Waals surface area contributed by atoms with Gasteiger partial charge in [0.15, 0.2) is 5.60 Å². The van der Waals surface area contributed by atoms with Crippen LogP contribution < -0.4 is 5.32 Å². The fourth-order valence-electron chi connectivity index (χ4n) is 3.75. The van der Waals surface area contributed by atoms with Crippen molar-refractivity contribution in [3.63, 3.8) is 0 Å². The van der Waals surface area contributed by atoms with Crippen molar-refractivity contribution in [3.05, 3.63) is 16.1 Å². The number of oxime groups is 1. The van der Waals surface area contributed by atoms with Crippen molar-refractivity contribution < 1.29 is 14.4 Å². The number of rotatable bonds is 5. The van der Waals surface area contributed by atoms with Crippen molar-refractivity contribution in [3.8, 4) is 0 Å². The van der Waals surface area contributed by atoms with Gasteiger partial charge in [-0.05, 0) is 19.8 Å². The van der Waals surface area contributed by atoms with Gasteiger partial charge in [0.1, 0.15) is 5.71 Å². The van der Waals surface area contributed by atoms with Crippen LogP contribution in [0.25, 0.3) is 0 Å². The lowest BCUT2D eigenvalue weighted by Gasteiger charge is -2.21. The summed E-state index contributed by atoms with van der Waals surface area (Å²) in [4.78, 5) is 24.9. The third-order valence-electron chi connectivity index (χ3n) is 5.06. The van der Waals surface area contributed by atoms with E-state index >= 15 is 0 Å². The number of carbonyl (C=O) groups excluding carboxylic acids is 1. The Hall–Kier alpha value is -1.51. The summed E-state index contributed by atoms with van der Waals surface area (Å²) in [5.41, 5.74) is 1.26. The van der Waals surface area contributed by atoms with Crippen LogP contribution in [0.1, 0.15) is 36.4 Å². The number of ether oxygens (including phenoxy) is 1. The van der Waals surface area contributed by atoms with Crippen LogP contribution in [0.4, 0.5) is 0 Å². The highest BCUT2D eigenvalue weighted by Gasteiger charge is 2.46. The van der Waals surface area contributed by atoms with Crippen molar-refractivity contribution in [1.29, 1.82) is 0 Å². The summed E-state index contributed by atoms with van der Waals surface area (Å²) in [6, 6.07) is 0. The summed E-state index contributed by atoms with van der Waals surface area (Å²) < 4.78 is 5.53. The number of amides is 1. The lowest BCUT2D eigenvalue weighted by atomic mass is 9.96. The first-order valence-corrected chi connectivity index (χ1v) is 9.78. The average molecular weight is 364 g/mol. The molecule has 2 atom stereocenters. The van der Waals surface area contributed by atoms with Gasteiger partial charge in [0.05, 0.1) is 16.8 Å². The summed E-state index contributed by atoms with van der Waals surface area (Å²) in [6.07, 6.45) is 3.70. The molecule has 1 aromatic rings. The Kier molecular flexibility index (Phi) is 4.75. The average Bonchev–Trinajstić information content (AvgIpc) is 3.37. The van der Waals surface area contributed by atoms with Crippen LogP contribution in [-0.4, -0.2) is 59.4 Å². The number of nitrogens with zero attached hydrogens (tertiary/aromatic N) is 3. The van der Waals surface area contributed by atoms with Crippen molar-refractivity contribution in [2.45, 2.75) is 50.9 Å². The quantitative estimate of drug-likeness (QED) is 0.856. The van der Waals surface area contributed by atoms with Crippen molar-refractivity contribution in [2.75, 3.05) is 26.2 Å². The molecule has 136 valence electrons. The van der Waals surface area contributed by atoms with E-state index in [1.54, 1.807) is 11.3 Å². The standard InChI is InChI=1S/C17H24N4O3S/c1-12-19-13(10-25-12)9-21-5-4-17(11-21)7-15(20-24-17)16(22)18-8-14-3-2-6-23-14/h10,14H,2-9,11H2,1H3,(H,18,22)/t14-,17-/m1/s1. The lowest BCUT2D eigenvalue weighted by Crippen LogP contribution is -2.39. The molecule has 7 nitrogen and oxygen atoms in total. The van der Waals surface area contributed by atoms with Crippen LogP contribution in [0.2, 0.25) is 0 Å². The first-order valence-electron chi connectivity index (χ1n) is 8.90. The number of hydrogen-bond acceptors (Lipinski definition) is 7. The van der Waals surface area contributed by atoms with E-state index in [1.165, 1.54) is 0 Å². The first-order chi connectivity index (χ1) is 12.1. The van der Waals surface area contributed by atoms with E-state index in [0.717, 1.165) is 56.2 Å². The summed E-state index contributed by atoms with van der Waals surface area (Å²) in [6.45, 7) is 5.93. The molecule has 0 bridgehead atoms. The number of aromatic nitrogens is 1. The van der Waals surface area contributed by atoms with Gasteiger partial charge in [0.2, 0.25) is 0 Å². The van der Waals surface area contributed by atoms with Gasteiger partial charge in [-0.25, -0.2) is 4.98 Å². The second-order valence-electron chi connectivity index (χ2n) is 7.15. The zero-order chi connectivity index (χ0) is 17.3. The number of carbonyl (C=O) groups is 1. The van der Waals surface area contributed by atoms with Crippen molar-refractivity contribution >= 4 is 23.0 Å². The Morgan fingerprint density at radius 2 is 2.48 bits per heavy atom. The van der Waals surface area contributed by atoms with Crippen LogP contribution >= 0.6 is 11.3 Å². The molecule has 1 aromatic heterocycles. The summed E-state index contributed by atoms with van der Waals surface area (Å²) in [5, 5.41) is 10.2. The minimum atomic E-state index is -0.346. The van der Waals surface area contributed by atoms with Gasteiger partial charge in [-0.3, -0.25) is 9.69 Å². The fraction of sp³-hybridized carbons (Fsp3) is 0.706. The smallest absolute Gasteiger partial charge is 0.269 e. The van der Waals surface area contributed by atoms with Crippen LogP contribution in [0.15, 0.2) is 10.5 Å². The van der Waals surface area contributed by atoms with Gasteiger partial charge < -0.3 is 14.9 Å². The van der Waals surface area contributed by atoms with Gasteiger partial charge in [0, 0.05) is 51.0 Å². The Morgan fingerprint density at radius 3 is 3.24 bits per heavy atom. The Bertz CT molecular complexity index is 671. The number of likely N-dealkylation sites (tertiary alicyclic amines) is 1. The molecular weight excluding hydrogens is 340 g/mol. The van der Waals surface area contributed by atoms with E-state index in [0.29, 0.717) is 18.7 Å². The third-order valence-corrected chi connectivity index (χ3v) is 5.89. The summed E-state index contributed by atoms with van der Waals surface area (Å²) in [7, 11) is 0. The molecule has 2 saturated heterocycles. The van der Waals surface area contributed by atoms with Gasteiger partial charge in [-0.15, -0.1) is 11.3 Å². The zero-order valence-corrected chi connectivity index (χ0v) is 15.3. The highest BCUT2D eigenvalue weighted by Crippen LogP contribution is 2.34. The van der Waals surface area contributed by atoms with Crippen LogP contribution in [0.3, 0.4) is 0 Å². The zero-order valence-electron chi connectivity index (χ0n) is 14.5. The maximum atomic E-state index is 12.3. The van der Waals surface area contributed by atoms with Gasteiger partial charge in [-0.1, -0.05) is 5.16 Å². The Labute approximate surface area is 151 Å². The molecule has 1 spiro atoms. The van der Waals surface area contributed by atoms with E-state index in [1.807, 2.05) is 6.92 Å². The molecule has 3 aliphatic heterocycles. The molecule has 0 aliphatic carbocycles. The monoisotopic (exact) mass is 364 g/mol. The van der Waals surface area contributed by atoms with E-state index < -0.39 is 0 Å². The van der Waals surface area contributed by atoms with Crippen LogP contribution in [0.5, 0.6) is 0 Å². The number of aryl methyl sites for hydroxylation is 1. The highest BCUT2D eigenvalue weighted by atomic mass is 32.1. The van der Waals surface area contributed by atoms with Crippen LogP contribution in [-0.2, 0) is 20.9 Å². The number of nitrogens with one attached hydrogen (secondary N) is 1. The molecular formula is C17H24N4O3S. The molecule has 25 heavy (non-hydrogen) atoms. The molecule has 4 heterocycles. The maximum Gasteiger partial charge on any atom is 0.269 e. The molecule has 2 fully saturated rings. The molecule has 0 saturated carbocycles. The molecule has 0 radical (unpaired) electrons. The second kappa shape index (κ2) is 7.01. The van der Waals surface area contributed by atoms with E-state index in [9.17, 15) is 4.79 Å². The summed E-state index contributed by atoms with van der Waals surface area (Å²) >= 11 is 1.68. The molecule has 1 N–H and O–H groups in total. The molecule has 4 rings (SSSR count). The second-order valence-corrected chi connectivity index (χ2v) is 8.21. The summed E-state index contributed by atoms with van der Waals surface area (Å²) in [5.74, 6) is -0.124. The number of thiazole rings is 1. The molecule has 3 aliphatic rings. The SMILES string of the molecule is Cc1nc(CN2CC[C@@]3(CC(C(=O)NC[C@H]4CCCO4)=NO3)C2)cs1. The van der Waals surface area contributed by atoms with Crippen LogP contribution in [0, 0.1) is 6.92 Å². The highest BCUT2D eigenvalue weighted by molar-refractivity contribution is 7.09. The van der Waals surface area contributed by atoms with E-state index in [4.69, 9.17) is 9.57 Å². The lowest BCUT2D eigenvalue weighted by molar-refractivity contribution is -0.115. The molecule has 8 heteroatoms. The topological polar surface area (TPSA) is 76.1 Å².